The Kier molecular flexibility index (Phi) is 2.47. The Morgan fingerprint density at radius 2 is 2.33 bits per heavy atom. The van der Waals surface area contributed by atoms with E-state index in [1.807, 2.05) is 4.08 Å². The van der Waals surface area contributed by atoms with E-state index in [9.17, 15) is 5.11 Å². The Morgan fingerprint density at radius 1 is 1.50 bits per heavy atom. The van der Waals surface area contributed by atoms with Crippen molar-refractivity contribution in [2.45, 2.75) is 37.7 Å². The molecule has 2 heteroatoms. The fourth-order valence-electron chi connectivity index (χ4n) is 2.92. The molecule has 0 heterocycles. The van der Waals surface area contributed by atoms with Gasteiger partial charge in [-0.3, -0.25) is 0 Å². The molecule has 2 aliphatic carbocycles. The zero-order chi connectivity index (χ0) is 8.60. The van der Waals surface area contributed by atoms with Gasteiger partial charge in [-0.15, -0.1) is 0 Å². The Labute approximate surface area is 87.4 Å². The van der Waals surface area contributed by atoms with Gasteiger partial charge in [0.15, 0.2) is 0 Å². The van der Waals surface area contributed by atoms with Crippen LogP contribution in [0.2, 0.25) is 0 Å². The van der Waals surface area contributed by atoms with Gasteiger partial charge >= 0.3 is 0 Å². The van der Waals surface area contributed by atoms with E-state index in [0.29, 0.717) is 5.92 Å². The van der Waals surface area contributed by atoms with Crippen molar-refractivity contribution in [1.29, 1.82) is 0 Å². The standard InChI is InChI=1S/C10H15IO/c11-6-2-5-10(12)7-8-3-1-4-9(8)10/h2,6,8-9,12H,1,3-5,7H2. The number of aliphatic hydroxyl groups is 1. The largest absolute Gasteiger partial charge is 0.389 e. The molecule has 2 saturated carbocycles. The molecular formula is C10H15IO. The highest BCUT2D eigenvalue weighted by molar-refractivity contribution is 14.1. The summed E-state index contributed by atoms with van der Waals surface area (Å²) < 4.78 is 2.01. The molecule has 0 aromatic rings. The molecule has 2 rings (SSSR count). The van der Waals surface area contributed by atoms with Gasteiger partial charge < -0.3 is 5.11 Å². The maximum atomic E-state index is 10.2. The minimum atomic E-state index is -0.317. The third kappa shape index (κ3) is 1.33. The summed E-state index contributed by atoms with van der Waals surface area (Å²) in [6.45, 7) is 0. The first-order valence-corrected chi connectivity index (χ1v) is 5.98. The molecule has 68 valence electrons. The SMILES string of the molecule is OC1(CC=CI)CC2CCCC21. The first-order valence-electron chi connectivity index (χ1n) is 4.74. The van der Waals surface area contributed by atoms with E-state index in [-0.39, 0.29) is 5.60 Å². The van der Waals surface area contributed by atoms with Gasteiger partial charge in [-0.2, -0.15) is 0 Å². The van der Waals surface area contributed by atoms with Crippen LogP contribution in [0.4, 0.5) is 0 Å². The number of rotatable bonds is 2. The number of halogens is 1. The van der Waals surface area contributed by atoms with Crippen LogP contribution in [0.25, 0.3) is 0 Å². The number of hydrogen-bond acceptors (Lipinski definition) is 1. The summed E-state index contributed by atoms with van der Waals surface area (Å²) in [6, 6.07) is 0. The second-order valence-corrected chi connectivity index (χ2v) is 4.89. The Morgan fingerprint density at radius 3 is 3.00 bits per heavy atom. The van der Waals surface area contributed by atoms with Crippen molar-refractivity contribution >= 4 is 22.6 Å². The lowest BCUT2D eigenvalue weighted by atomic mass is 9.61. The molecule has 0 aromatic heterocycles. The highest BCUT2D eigenvalue weighted by Crippen LogP contribution is 2.55. The second-order valence-electron chi connectivity index (χ2n) is 4.17. The average Bonchev–Trinajstić information content (AvgIpc) is 2.43. The van der Waals surface area contributed by atoms with Crippen LogP contribution in [0.1, 0.15) is 32.1 Å². The highest BCUT2D eigenvalue weighted by Gasteiger charge is 2.53. The Bertz CT molecular complexity index is 202. The summed E-state index contributed by atoms with van der Waals surface area (Å²) in [6.07, 6.45) is 7.98. The van der Waals surface area contributed by atoms with Crippen LogP contribution in [-0.4, -0.2) is 10.7 Å². The highest BCUT2D eigenvalue weighted by atomic mass is 127. The maximum Gasteiger partial charge on any atom is 0.0715 e. The van der Waals surface area contributed by atoms with Crippen molar-refractivity contribution in [3.05, 3.63) is 10.2 Å². The molecule has 2 aliphatic rings. The molecule has 0 amide bonds. The van der Waals surface area contributed by atoms with Gasteiger partial charge in [0.05, 0.1) is 5.60 Å². The predicted molar refractivity (Wildman–Crippen MR) is 58.2 cm³/mol. The fourth-order valence-corrected chi connectivity index (χ4v) is 3.17. The molecule has 1 nitrogen and oxygen atoms in total. The van der Waals surface area contributed by atoms with Crippen LogP contribution in [0.15, 0.2) is 10.2 Å². The van der Waals surface area contributed by atoms with Gasteiger partial charge in [0.1, 0.15) is 0 Å². The summed E-state index contributed by atoms with van der Waals surface area (Å²) in [5.41, 5.74) is -0.317. The summed E-state index contributed by atoms with van der Waals surface area (Å²) in [4.78, 5) is 0. The monoisotopic (exact) mass is 278 g/mol. The van der Waals surface area contributed by atoms with Crippen molar-refractivity contribution in [2.75, 3.05) is 0 Å². The van der Waals surface area contributed by atoms with Gasteiger partial charge in [0.25, 0.3) is 0 Å². The summed E-state index contributed by atoms with van der Waals surface area (Å²) in [5, 5.41) is 10.2. The molecule has 0 saturated heterocycles. The molecule has 0 aliphatic heterocycles. The Hall–Kier alpha value is 0.430. The molecule has 1 N–H and O–H groups in total. The summed E-state index contributed by atoms with van der Waals surface area (Å²) in [7, 11) is 0. The van der Waals surface area contributed by atoms with E-state index in [0.717, 1.165) is 18.8 Å². The lowest BCUT2D eigenvalue weighted by Crippen LogP contribution is -2.51. The van der Waals surface area contributed by atoms with E-state index >= 15 is 0 Å². The molecular weight excluding hydrogens is 263 g/mol. The predicted octanol–water partition coefficient (Wildman–Crippen LogP) is 2.88. The van der Waals surface area contributed by atoms with E-state index < -0.39 is 0 Å². The quantitative estimate of drug-likeness (QED) is 0.770. The van der Waals surface area contributed by atoms with E-state index in [1.165, 1.54) is 19.3 Å². The van der Waals surface area contributed by atoms with Gasteiger partial charge in [0, 0.05) is 0 Å². The molecule has 3 atom stereocenters. The number of fused-ring (bicyclic) bond motifs is 1. The summed E-state index contributed by atoms with van der Waals surface area (Å²) >= 11 is 2.22. The van der Waals surface area contributed by atoms with Crippen molar-refractivity contribution in [3.63, 3.8) is 0 Å². The maximum absolute atomic E-state index is 10.2. The first kappa shape index (κ1) is 9.00. The fraction of sp³-hybridized carbons (Fsp3) is 0.800. The first-order chi connectivity index (χ1) is 5.76. The zero-order valence-electron chi connectivity index (χ0n) is 7.17. The molecule has 0 radical (unpaired) electrons. The minimum absolute atomic E-state index is 0.317. The van der Waals surface area contributed by atoms with Crippen LogP contribution < -0.4 is 0 Å². The lowest BCUT2D eigenvalue weighted by molar-refractivity contribution is -0.122. The third-order valence-electron chi connectivity index (χ3n) is 3.53. The van der Waals surface area contributed by atoms with Crippen molar-refractivity contribution in [1.82, 2.24) is 0 Å². The van der Waals surface area contributed by atoms with Crippen LogP contribution in [0.5, 0.6) is 0 Å². The number of hydrogen-bond donors (Lipinski definition) is 1. The van der Waals surface area contributed by atoms with Crippen LogP contribution in [0.3, 0.4) is 0 Å². The molecule has 12 heavy (non-hydrogen) atoms. The van der Waals surface area contributed by atoms with E-state index in [2.05, 4.69) is 28.7 Å². The topological polar surface area (TPSA) is 20.2 Å². The zero-order valence-corrected chi connectivity index (χ0v) is 9.33. The van der Waals surface area contributed by atoms with E-state index in [4.69, 9.17) is 0 Å². The minimum Gasteiger partial charge on any atom is -0.389 e. The third-order valence-corrected chi connectivity index (χ3v) is 4.03. The van der Waals surface area contributed by atoms with Gasteiger partial charge in [-0.05, 0) is 41.6 Å². The van der Waals surface area contributed by atoms with Crippen LogP contribution >= 0.6 is 22.6 Å². The second kappa shape index (κ2) is 3.29. The molecule has 2 fully saturated rings. The van der Waals surface area contributed by atoms with E-state index in [1.54, 1.807) is 0 Å². The summed E-state index contributed by atoms with van der Waals surface area (Å²) in [5.74, 6) is 1.49. The lowest BCUT2D eigenvalue weighted by Gasteiger charge is -2.48. The van der Waals surface area contributed by atoms with Crippen LogP contribution in [-0.2, 0) is 0 Å². The smallest absolute Gasteiger partial charge is 0.0715 e. The molecule has 3 unspecified atom stereocenters. The van der Waals surface area contributed by atoms with Gasteiger partial charge in [0.2, 0.25) is 0 Å². The van der Waals surface area contributed by atoms with Crippen LogP contribution in [0, 0.1) is 11.8 Å². The van der Waals surface area contributed by atoms with Crippen molar-refractivity contribution in [3.8, 4) is 0 Å². The Balaban J connectivity index is 1.95. The molecule has 0 spiro atoms. The van der Waals surface area contributed by atoms with Gasteiger partial charge in [-0.1, -0.05) is 35.1 Å². The normalized spacial score (nSPS) is 46.2. The van der Waals surface area contributed by atoms with Gasteiger partial charge in [-0.25, -0.2) is 0 Å². The molecule has 0 aromatic carbocycles. The van der Waals surface area contributed by atoms with Crippen molar-refractivity contribution in [2.24, 2.45) is 11.8 Å². The van der Waals surface area contributed by atoms with Crippen molar-refractivity contribution < 1.29 is 5.11 Å². The molecule has 0 bridgehead atoms. The average molecular weight is 278 g/mol.